The van der Waals surface area contributed by atoms with Crippen LogP contribution in [0.4, 0.5) is 10.1 Å². The van der Waals surface area contributed by atoms with E-state index in [1.54, 1.807) is 23.1 Å². The number of para-hydroxylation sites is 1. The Hall–Kier alpha value is -4.57. The average molecular weight is 476 g/mol. The van der Waals surface area contributed by atoms with Crippen LogP contribution in [0.25, 0.3) is 5.69 Å². The number of halogens is 1. The third-order valence-electron chi connectivity index (χ3n) is 6.55. The first-order valence-corrected chi connectivity index (χ1v) is 11.8. The Kier molecular flexibility index (Phi) is 5.42. The second-order valence-electron chi connectivity index (χ2n) is 8.79. The summed E-state index contributed by atoms with van der Waals surface area (Å²) in [6.07, 6.45) is 1.24. The molecule has 2 aliphatic rings. The van der Waals surface area contributed by atoms with E-state index in [2.05, 4.69) is 28.1 Å². The Morgan fingerprint density at radius 3 is 2.67 bits per heavy atom. The Bertz CT molecular complexity index is 1610. The van der Waals surface area contributed by atoms with Crippen LogP contribution in [0.15, 0.2) is 71.7 Å². The predicted molar refractivity (Wildman–Crippen MR) is 136 cm³/mol. The minimum Gasteiger partial charge on any atom is -0.300 e. The van der Waals surface area contributed by atoms with Crippen LogP contribution in [-0.4, -0.2) is 32.9 Å². The molecule has 0 saturated carbocycles. The number of aliphatic imine (C=N–C) groups is 1. The van der Waals surface area contributed by atoms with Crippen molar-refractivity contribution in [3.05, 3.63) is 106 Å². The Morgan fingerprint density at radius 2 is 1.78 bits per heavy atom. The number of aromatic nitrogens is 3. The van der Waals surface area contributed by atoms with Crippen LogP contribution < -0.4 is 4.90 Å². The highest BCUT2D eigenvalue weighted by Gasteiger charge is 2.24. The van der Waals surface area contributed by atoms with Gasteiger partial charge in [-0.2, -0.15) is 0 Å². The monoisotopic (exact) mass is 475 g/mol. The van der Waals surface area contributed by atoms with Crippen LogP contribution in [0.5, 0.6) is 0 Å². The second-order valence-corrected chi connectivity index (χ2v) is 8.79. The number of fused-ring (bicyclic) bond motifs is 4. The van der Waals surface area contributed by atoms with Crippen molar-refractivity contribution >= 4 is 17.3 Å². The molecule has 0 fully saturated rings. The smallest absolute Gasteiger partial charge is 0.228 e. The van der Waals surface area contributed by atoms with Crippen LogP contribution in [0.3, 0.4) is 0 Å². The van der Waals surface area contributed by atoms with Gasteiger partial charge in [0.05, 0.1) is 17.9 Å². The zero-order chi connectivity index (χ0) is 24.6. The zero-order valence-corrected chi connectivity index (χ0v) is 19.7. The van der Waals surface area contributed by atoms with Gasteiger partial charge in [-0.1, -0.05) is 42.2 Å². The quantitative estimate of drug-likeness (QED) is 0.404. The molecule has 0 atom stereocenters. The Morgan fingerprint density at radius 1 is 0.944 bits per heavy atom. The van der Waals surface area contributed by atoms with Crippen LogP contribution in [0.1, 0.15) is 40.3 Å². The molecule has 2 aliphatic heterocycles. The molecule has 0 saturated heterocycles. The maximum Gasteiger partial charge on any atom is 0.228 e. The van der Waals surface area contributed by atoms with Crippen LogP contribution in [0.2, 0.25) is 0 Å². The third kappa shape index (κ3) is 3.77. The molecule has 0 aliphatic carbocycles. The average Bonchev–Trinajstić information content (AvgIpc) is 3.18. The van der Waals surface area contributed by atoms with Crippen LogP contribution in [0, 0.1) is 24.6 Å². The van der Waals surface area contributed by atoms with Gasteiger partial charge in [0.15, 0.2) is 5.82 Å². The van der Waals surface area contributed by atoms with E-state index in [4.69, 9.17) is 4.99 Å². The van der Waals surface area contributed by atoms with Crippen molar-refractivity contribution in [3.63, 3.8) is 0 Å². The van der Waals surface area contributed by atoms with Gasteiger partial charge in [-0.3, -0.25) is 14.4 Å². The number of rotatable bonds is 2. The van der Waals surface area contributed by atoms with Gasteiger partial charge in [-0.25, -0.2) is 4.39 Å². The first-order chi connectivity index (χ1) is 17.6. The highest BCUT2D eigenvalue weighted by Crippen LogP contribution is 2.28. The van der Waals surface area contributed by atoms with Crippen molar-refractivity contribution in [2.45, 2.75) is 26.3 Å². The summed E-state index contributed by atoms with van der Waals surface area (Å²) in [5, 5.41) is 8.47. The molecule has 1 aromatic heterocycles. The van der Waals surface area contributed by atoms with Gasteiger partial charge in [0.25, 0.3) is 0 Å². The molecule has 0 N–H and O–H groups in total. The van der Waals surface area contributed by atoms with Crippen molar-refractivity contribution in [3.8, 4) is 17.5 Å². The van der Waals surface area contributed by atoms with E-state index in [0.717, 1.165) is 40.3 Å². The number of benzene rings is 3. The lowest BCUT2D eigenvalue weighted by atomic mass is 9.98. The highest BCUT2D eigenvalue weighted by molar-refractivity contribution is 6.15. The summed E-state index contributed by atoms with van der Waals surface area (Å²) in [5.74, 6) is 7.54. The summed E-state index contributed by atoms with van der Waals surface area (Å²) >= 11 is 0. The lowest BCUT2D eigenvalue weighted by Crippen LogP contribution is -2.35. The van der Waals surface area contributed by atoms with E-state index in [-0.39, 0.29) is 18.3 Å². The fourth-order valence-corrected chi connectivity index (χ4v) is 4.83. The summed E-state index contributed by atoms with van der Waals surface area (Å²) in [5.41, 5.74) is 5.41. The first-order valence-electron chi connectivity index (χ1n) is 11.8. The molecular formula is C29H22FN5O. The van der Waals surface area contributed by atoms with Crippen LogP contribution in [-0.2, 0) is 17.8 Å². The minimum absolute atomic E-state index is 0.0783. The molecule has 7 heteroatoms. The van der Waals surface area contributed by atoms with E-state index < -0.39 is 0 Å². The van der Waals surface area contributed by atoms with Crippen LogP contribution >= 0.6 is 0 Å². The second kappa shape index (κ2) is 8.90. The number of hydrogen-bond acceptors (Lipinski definition) is 4. The van der Waals surface area contributed by atoms with Gasteiger partial charge < -0.3 is 4.90 Å². The SMILES string of the molecule is Cc1nnc2n1-c1ccc(C#CCN3C(=O)CCc4ccccc43)cc1C(c1ccccc1F)=NC2. The molecule has 1 amide bonds. The van der Waals surface area contributed by atoms with Crippen molar-refractivity contribution < 1.29 is 9.18 Å². The topological polar surface area (TPSA) is 63.4 Å². The number of anilines is 1. The molecule has 0 unspecified atom stereocenters. The van der Waals surface area contributed by atoms with Gasteiger partial charge >= 0.3 is 0 Å². The summed E-state index contributed by atoms with van der Waals surface area (Å²) in [6, 6.07) is 20.4. The molecule has 3 heterocycles. The fourth-order valence-electron chi connectivity index (χ4n) is 4.83. The third-order valence-corrected chi connectivity index (χ3v) is 6.55. The molecule has 36 heavy (non-hydrogen) atoms. The minimum atomic E-state index is -0.338. The largest absolute Gasteiger partial charge is 0.300 e. The predicted octanol–water partition coefficient (Wildman–Crippen LogP) is 4.40. The molecular weight excluding hydrogens is 453 g/mol. The van der Waals surface area contributed by atoms with E-state index in [1.807, 2.05) is 47.9 Å². The van der Waals surface area contributed by atoms with Gasteiger partial charge in [0.2, 0.25) is 5.91 Å². The molecule has 0 spiro atoms. The van der Waals surface area contributed by atoms with E-state index in [1.165, 1.54) is 6.07 Å². The van der Waals surface area contributed by atoms with Crippen molar-refractivity contribution in [1.82, 2.24) is 14.8 Å². The molecule has 176 valence electrons. The molecule has 6 rings (SSSR count). The standard InChI is InChI=1S/C29H22FN5O/c1-19-32-33-27-18-31-29(22-9-3-4-10-24(22)30)23-17-20(12-14-26(23)35(19)27)7-6-16-34-25-11-5-2-8-21(25)13-15-28(34)36/h2-5,8-12,14,17H,13,15-16,18H2,1H3. The van der Waals surface area contributed by atoms with Crippen molar-refractivity contribution in [2.75, 3.05) is 11.4 Å². The summed E-state index contributed by atoms with van der Waals surface area (Å²) in [4.78, 5) is 19.1. The number of amides is 1. The van der Waals surface area contributed by atoms with E-state index >= 15 is 0 Å². The van der Waals surface area contributed by atoms with E-state index in [9.17, 15) is 9.18 Å². The highest BCUT2D eigenvalue weighted by atomic mass is 19.1. The van der Waals surface area contributed by atoms with Crippen molar-refractivity contribution in [1.29, 1.82) is 0 Å². The van der Waals surface area contributed by atoms with Crippen molar-refractivity contribution in [2.24, 2.45) is 4.99 Å². The maximum absolute atomic E-state index is 14.8. The number of aryl methyl sites for hydroxylation is 2. The number of hydrogen-bond donors (Lipinski definition) is 0. The molecule has 0 bridgehead atoms. The maximum atomic E-state index is 14.8. The zero-order valence-electron chi connectivity index (χ0n) is 19.7. The molecule has 3 aromatic carbocycles. The number of carbonyl (C=O) groups is 1. The molecule has 4 aromatic rings. The number of carbonyl (C=O) groups excluding carboxylic acids is 1. The van der Waals surface area contributed by atoms with E-state index in [0.29, 0.717) is 30.1 Å². The van der Waals surface area contributed by atoms with Gasteiger partial charge in [0, 0.05) is 28.8 Å². The lowest BCUT2D eigenvalue weighted by Gasteiger charge is -2.27. The van der Waals surface area contributed by atoms with Gasteiger partial charge in [-0.15, -0.1) is 10.2 Å². The summed E-state index contributed by atoms with van der Waals surface area (Å²) in [7, 11) is 0. The number of nitrogens with zero attached hydrogens (tertiary/aromatic N) is 5. The normalized spacial score (nSPS) is 14.1. The van der Waals surface area contributed by atoms with Gasteiger partial charge in [0.1, 0.15) is 18.2 Å². The first kappa shape index (κ1) is 21.9. The molecule has 6 nitrogen and oxygen atoms in total. The summed E-state index contributed by atoms with van der Waals surface area (Å²) < 4.78 is 16.8. The Labute approximate surface area is 208 Å². The summed E-state index contributed by atoms with van der Waals surface area (Å²) in [6.45, 7) is 2.47. The Balaban J connectivity index is 1.40. The lowest BCUT2D eigenvalue weighted by molar-refractivity contribution is -0.118. The molecule has 0 radical (unpaired) electrons. The van der Waals surface area contributed by atoms with Gasteiger partial charge in [-0.05, 0) is 55.3 Å². The fraction of sp³-hybridized carbons (Fsp3) is 0.172.